The van der Waals surface area contributed by atoms with Crippen molar-refractivity contribution in [1.29, 1.82) is 0 Å². The smallest absolute Gasteiger partial charge is 0.225 e. The number of carbonyl (C=O) groups is 1. The topological polar surface area (TPSA) is 46.1 Å². The van der Waals surface area contributed by atoms with Crippen molar-refractivity contribution in [3.8, 4) is 0 Å². The van der Waals surface area contributed by atoms with E-state index in [1.165, 1.54) is 17.9 Å². The molecule has 15 heavy (non-hydrogen) atoms. The van der Waals surface area contributed by atoms with Gasteiger partial charge >= 0.3 is 0 Å². The number of hydrogen-bond acceptors (Lipinski definition) is 3. The van der Waals surface area contributed by atoms with Crippen LogP contribution in [0.3, 0.4) is 0 Å². The van der Waals surface area contributed by atoms with E-state index in [0.29, 0.717) is 12.4 Å². The molecule has 1 aromatic heterocycles. The van der Waals surface area contributed by atoms with Crippen molar-refractivity contribution >= 4 is 34.9 Å². The van der Waals surface area contributed by atoms with Gasteiger partial charge in [-0.15, -0.1) is 6.58 Å². The van der Waals surface area contributed by atoms with Crippen LogP contribution >= 0.6 is 23.2 Å². The average Bonchev–Trinajstić information content (AvgIpc) is 2.11. The second-order valence-corrected chi connectivity index (χ2v) is 3.46. The summed E-state index contributed by atoms with van der Waals surface area (Å²) in [6.07, 6.45) is 1.59. The number of nitrogens with zero attached hydrogens (tertiary/aromatic N) is 3. The van der Waals surface area contributed by atoms with E-state index in [4.69, 9.17) is 23.2 Å². The minimum atomic E-state index is -0.166. The predicted molar refractivity (Wildman–Crippen MR) is 60.3 cm³/mol. The monoisotopic (exact) mass is 245 g/mol. The summed E-state index contributed by atoms with van der Waals surface area (Å²) in [5, 5.41) is 0.202. The molecule has 0 fully saturated rings. The zero-order valence-corrected chi connectivity index (χ0v) is 9.59. The molecule has 0 atom stereocenters. The molecule has 0 aromatic carbocycles. The van der Waals surface area contributed by atoms with Crippen LogP contribution in [0.4, 0.5) is 5.82 Å². The molecule has 0 aliphatic heterocycles. The molecule has 1 amide bonds. The first kappa shape index (κ1) is 11.9. The third-order valence-electron chi connectivity index (χ3n) is 1.62. The fourth-order valence-corrected chi connectivity index (χ4v) is 1.43. The SMILES string of the molecule is C=CCN(C(C)=O)c1cc(Cl)nc(Cl)n1. The van der Waals surface area contributed by atoms with Gasteiger partial charge in [0.15, 0.2) is 0 Å². The van der Waals surface area contributed by atoms with Gasteiger partial charge in [0.25, 0.3) is 0 Å². The van der Waals surface area contributed by atoms with Crippen molar-refractivity contribution in [1.82, 2.24) is 9.97 Å². The summed E-state index contributed by atoms with van der Waals surface area (Å²) in [5.74, 6) is 0.202. The summed E-state index contributed by atoms with van der Waals surface area (Å²) in [4.78, 5) is 20.3. The molecule has 6 heteroatoms. The summed E-state index contributed by atoms with van der Waals surface area (Å²) >= 11 is 11.3. The lowest BCUT2D eigenvalue weighted by molar-refractivity contribution is -0.116. The number of aromatic nitrogens is 2. The largest absolute Gasteiger partial charge is 0.293 e. The second-order valence-electron chi connectivity index (χ2n) is 2.74. The number of carbonyl (C=O) groups excluding carboxylic acids is 1. The molecule has 1 aromatic rings. The third kappa shape index (κ3) is 3.18. The van der Waals surface area contributed by atoms with Gasteiger partial charge in [0, 0.05) is 19.5 Å². The zero-order valence-electron chi connectivity index (χ0n) is 8.07. The molecule has 80 valence electrons. The summed E-state index contributed by atoms with van der Waals surface area (Å²) in [7, 11) is 0. The van der Waals surface area contributed by atoms with Crippen LogP contribution in [0.5, 0.6) is 0 Å². The van der Waals surface area contributed by atoms with Gasteiger partial charge in [-0.3, -0.25) is 9.69 Å². The van der Waals surface area contributed by atoms with Crippen molar-refractivity contribution in [3.05, 3.63) is 29.2 Å². The van der Waals surface area contributed by atoms with Gasteiger partial charge in [0.05, 0.1) is 0 Å². The quantitative estimate of drug-likeness (QED) is 0.467. The Kier molecular flexibility index (Phi) is 4.05. The lowest BCUT2D eigenvalue weighted by Crippen LogP contribution is -2.29. The van der Waals surface area contributed by atoms with E-state index < -0.39 is 0 Å². The first-order valence-corrected chi connectivity index (χ1v) is 4.89. The zero-order chi connectivity index (χ0) is 11.4. The lowest BCUT2D eigenvalue weighted by Gasteiger charge is -2.17. The summed E-state index contributed by atoms with van der Waals surface area (Å²) < 4.78 is 0. The van der Waals surface area contributed by atoms with E-state index in [-0.39, 0.29) is 16.3 Å². The Hall–Kier alpha value is -1.13. The molecule has 1 rings (SSSR count). The Morgan fingerprint density at radius 3 is 2.73 bits per heavy atom. The van der Waals surface area contributed by atoms with Crippen molar-refractivity contribution in [2.24, 2.45) is 0 Å². The van der Waals surface area contributed by atoms with Crippen LogP contribution in [0, 0.1) is 0 Å². The molecular formula is C9H9Cl2N3O. The standard InChI is InChI=1S/C9H9Cl2N3O/c1-3-4-14(6(2)15)8-5-7(10)12-9(11)13-8/h3,5H,1,4H2,2H3. The van der Waals surface area contributed by atoms with Crippen molar-refractivity contribution in [2.75, 3.05) is 11.4 Å². The Balaban J connectivity index is 3.10. The van der Waals surface area contributed by atoms with E-state index in [0.717, 1.165) is 0 Å². The fraction of sp³-hybridized carbons (Fsp3) is 0.222. The number of halogens is 2. The minimum absolute atomic E-state index is 0.00723. The van der Waals surface area contributed by atoms with Crippen LogP contribution in [0.1, 0.15) is 6.92 Å². The van der Waals surface area contributed by atoms with Gasteiger partial charge in [-0.05, 0) is 11.6 Å². The first-order chi connectivity index (χ1) is 7.04. The van der Waals surface area contributed by atoms with Crippen molar-refractivity contribution in [3.63, 3.8) is 0 Å². The number of amides is 1. The van der Waals surface area contributed by atoms with Crippen LogP contribution in [-0.4, -0.2) is 22.4 Å². The summed E-state index contributed by atoms with van der Waals surface area (Å²) in [6.45, 7) is 5.32. The molecule has 4 nitrogen and oxygen atoms in total. The van der Waals surface area contributed by atoms with Gasteiger partial charge in [-0.25, -0.2) is 9.97 Å². The Labute approximate surface area is 97.5 Å². The highest BCUT2D eigenvalue weighted by Gasteiger charge is 2.12. The third-order valence-corrected chi connectivity index (χ3v) is 1.99. The van der Waals surface area contributed by atoms with Crippen LogP contribution < -0.4 is 4.90 Å². The van der Waals surface area contributed by atoms with Gasteiger partial charge in [-0.1, -0.05) is 17.7 Å². The van der Waals surface area contributed by atoms with Crippen LogP contribution in [-0.2, 0) is 4.79 Å². The summed E-state index contributed by atoms with van der Waals surface area (Å²) in [6, 6.07) is 1.47. The summed E-state index contributed by atoms with van der Waals surface area (Å²) in [5.41, 5.74) is 0. The molecule has 0 N–H and O–H groups in total. The van der Waals surface area contributed by atoms with Gasteiger partial charge < -0.3 is 0 Å². The molecule has 1 heterocycles. The maximum Gasteiger partial charge on any atom is 0.225 e. The molecular weight excluding hydrogens is 237 g/mol. The molecule has 0 aliphatic rings. The maximum atomic E-state index is 11.3. The van der Waals surface area contributed by atoms with E-state index in [1.54, 1.807) is 6.08 Å². The number of hydrogen-bond donors (Lipinski definition) is 0. The van der Waals surface area contributed by atoms with Gasteiger partial charge in [-0.2, -0.15) is 0 Å². The molecule has 0 spiro atoms. The Morgan fingerprint density at radius 1 is 1.60 bits per heavy atom. The van der Waals surface area contributed by atoms with E-state index >= 15 is 0 Å². The highest BCUT2D eigenvalue weighted by Crippen LogP contribution is 2.18. The maximum absolute atomic E-state index is 11.3. The molecule has 0 saturated heterocycles. The Morgan fingerprint density at radius 2 is 2.27 bits per heavy atom. The molecule has 0 bridgehead atoms. The number of rotatable bonds is 3. The van der Waals surface area contributed by atoms with Gasteiger partial charge in [0.1, 0.15) is 11.0 Å². The van der Waals surface area contributed by atoms with Crippen LogP contribution in [0.15, 0.2) is 18.7 Å². The van der Waals surface area contributed by atoms with Gasteiger partial charge in [0.2, 0.25) is 11.2 Å². The van der Waals surface area contributed by atoms with Crippen LogP contribution in [0.2, 0.25) is 10.4 Å². The van der Waals surface area contributed by atoms with Crippen LogP contribution in [0.25, 0.3) is 0 Å². The lowest BCUT2D eigenvalue weighted by atomic mass is 10.4. The molecule has 0 aliphatic carbocycles. The number of anilines is 1. The minimum Gasteiger partial charge on any atom is -0.293 e. The average molecular weight is 246 g/mol. The molecule has 0 saturated carbocycles. The second kappa shape index (κ2) is 5.09. The molecule has 0 radical (unpaired) electrons. The van der Waals surface area contributed by atoms with E-state index in [2.05, 4.69) is 16.5 Å². The first-order valence-electron chi connectivity index (χ1n) is 4.13. The Bertz CT molecular complexity index is 375. The normalized spacial score (nSPS) is 9.80. The highest BCUT2D eigenvalue weighted by atomic mass is 35.5. The predicted octanol–water partition coefficient (Wildman–Crippen LogP) is 2.32. The fourth-order valence-electron chi connectivity index (χ4n) is 1.03. The van der Waals surface area contributed by atoms with Crippen molar-refractivity contribution < 1.29 is 4.79 Å². The van der Waals surface area contributed by atoms with E-state index in [1.807, 2.05) is 0 Å². The van der Waals surface area contributed by atoms with E-state index in [9.17, 15) is 4.79 Å². The van der Waals surface area contributed by atoms with Crippen molar-refractivity contribution in [2.45, 2.75) is 6.92 Å². The molecule has 0 unspecified atom stereocenters. The highest BCUT2D eigenvalue weighted by molar-refractivity contribution is 6.32.